The summed E-state index contributed by atoms with van der Waals surface area (Å²) < 4.78 is 10.8. The lowest BCUT2D eigenvalue weighted by Crippen LogP contribution is -2.28. The Balaban J connectivity index is 1.64. The third-order valence-corrected chi connectivity index (χ3v) is 4.99. The van der Waals surface area contributed by atoms with E-state index in [1.807, 2.05) is 42.5 Å². The molecular formula is C22H26N2O4. The number of nitrogens with zero attached hydrogens (tertiary/aromatic N) is 2. The zero-order valence-corrected chi connectivity index (χ0v) is 16.6. The van der Waals surface area contributed by atoms with Gasteiger partial charge in [-0.15, -0.1) is 0 Å². The van der Waals surface area contributed by atoms with Gasteiger partial charge in [0.1, 0.15) is 0 Å². The summed E-state index contributed by atoms with van der Waals surface area (Å²) in [5.41, 5.74) is 2.71. The van der Waals surface area contributed by atoms with Crippen LogP contribution in [0.1, 0.15) is 24.0 Å². The molecule has 6 heteroatoms. The number of rotatable bonds is 7. The van der Waals surface area contributed by atoms with Crippen LogP contribution in [0.25, 0.3) is 0 Å². The number of ether oxygens (including phenoxy) is 2. The Kier molecular flexibility index (Phi) is 6.19. The molecule has 0 radical (unpaired) electrons. The number of amides is 2. The van der Waals surface area contributed by atoms with Crippen LogP contribution in [0.5, 0.6) is 11.5 Å². The Labute approximate surface area is 165 Å². The second kappa shape index (κ2) is 8.78. The Morgan fingerprint density at radius 3 is 2.46 bits per heavy atom. The fourth-order valence-corrected chi connectivity index (χ4v) is 3.45. The molecule has 0 saturated carbocycles. The molecule has 28 heavy (non-hydrogen) atoms. The van der Waals surface area contributed by atoms with Gasteiger partial charge in [-0.2, -0.15) is 0 Å². The molecule has 1 saturated heterocycles. The number of anilines is 1. The minimum absolute atomic E-state index is 0.00914. The van der Waals surface area contributed by atoms with E-state index in [1.54, 1.807) is 31.1 Å². The number of hydrogen-bond donors (Lipinski definition) is 0. The van der Waals surface area contributed by atoms with E-state index < -0.39 is 0 Å². The maximum Gasteiger partial charge on any atom is 0.227 e. The molecule has 2 aromatic rings. The molecule has 1 aliphatic rings. The van der Waals surface area contributed by atoms with Crippen molar-refractivity contribution >= 4 is 17.5 Å². The topological polar surface area (TPSA) is 59.1 Å². The zero-order valence-electron chi connectivity index (χ0n) is 16.6. The number of carbonyl (C=O) groups excluding carboxylic acids is 2. The summed E-state index contributed by atoms with van der Waals surface area (Å²) >= 11 is 0. The van der Waals surface area contributed by atoms with Crippen LogP contribution in [0.2, 0.25) is 0 Å². The fraction of sp³-hybridized carbons (Fsp3) is 0.364. The van der Waals surface area contributed by atoms with Crippen molar-refractivity contribution in [3.05, 3.63) is 53.6 Å². The van der Waals surface area contributed by atoms with Gasteiger partial charge >= 0.3 is 0 Å². The van der Waals surface area contributed by atoms with Crippen molar-refractivity contribution in [3.63, 3.8) is 0 Å². The Morgan fingerprint density at radius 2 is 1.86 bits per heavy atom. The van der Waals surface area contributed by atoms with Crippen molar-refractivity contribution in [1.29, 1.82) is 0 Å². The van der Waals surface area contributed by atoms with Crippen LogP contribution >= 0.6 is 0 Å². The maximum absolute atomic E-state index is 12.7. The van der Waals surface area contributed by atoms with E-state index in [-0.39, 0.29) is 11.8 Å². The number of carbonyl (C=O) groups is 2. The molecule has 0 bridgehead atoms. The molecule has 0 unspecified atom stereocenters. The van der Waals surface area contributed by atoms with E-state index >= 15 is 0 Å². The van der Waals surface area contributed by atoms with Gasteiger partial charge in [-0.25, -0.2) is 0 Å². The van der Waals surface area contributed by atoms with E-state index in [0.717, 1.165) is 29.8 Å². The molecule has 1 aliphatic heterocycles. The third-order valence-electron chi connectivity index (χ3n) is 4.99. The predicted molar refractivity (Wildman–Crippen MR) is 108 cm³/mol. The highest BCUT2D eigenvalue weighted by Crippen LogP contribution is 2.31. The van der Waals surface area contributed by atoms with Gasteiger partial charge in [-0.1, -0.05) is 24.3 Å². The van der Waals surface area contributed by atoms with Gasteiger partial charge in [0.2, 0.25) is 11.8 Å². The monoisotopic (exact) mass is 382 g/mol. The number of para-hydroxylation sites is 1. The van der Waals surface area contributed by atoms with Gasteiger partial charge in [-0.3, -0.25) is 9.59 Å². The van der Waals surface area contributed by atoms with Crippen LogP contribution in [-0.2, 0) is 22.6 Å². The molecule has 0 atom stereocenters. The largest absolute Gasteiger partial charge is 0.493 e. The van der Waals surface area contributed by atoms with Crippen molar-refractivity contribution in [2.24, 2.45) is 0 Å². The van der Waals surface area contributed by atoms with Crippen molar-refractivity contribution < 1.29 is 19.1 Å². The van der Waals surface area contributed by atoms with Crippen molar-refractivity contribution in [1.82, 2.24) is 4.90 Å². The molecule has 0 aromatic heterocycles. The second-order valence-corrected chi connectivity index (χ2v) is 6.89. The molecule has 0 spiro atoms. The van der Waals surface area contributed by atoms with Gasteiger partial charge in [0, 0.05) is 37.8 Å². The summed E-state index contributed by atoms with van der Waals surface area (Å²) in [4.78, 5) is 28.0. The van der Waals surface area contributed by atoms with Crippen LogP contribution in [0.3, 0.4) is 0 Å². The first-order valence-corrected chi connectivity index (χ1v) is 9.36. The van der Waals surface area contributed by atoms with Gasteiger partial charge < -0.3 is 19.3 Å². The van der Waals surface area contributed by atoms with Crippen LogP contribution in [0.4, 0.5) is 5.69 Å². The fourth-order valence-electron chi connectivity index (χ4n) is 3.45. The van der Waals surface area contributed by atoms with Crippen molar-refractivity contribution in [2.45, 2.75) is 25.8 Å². The number of benzene rings is 2. The van der Waals surface area contributed by atoms with E-state index in [9.17, 15) is 9.59 Å². The summed E-state index contributed by atoms with van der Waals surface area (Å²) in [7, 11) is 4.96. The Bertz CT molecular complexity index is 848. The maximum atomic E-state index is 12.7. The lowest BCUT2D eigenvalue weighted by molar-refractivity contribution is -0.129. The zero-order chi connectivity index (χ0) is 20.1. The highest BCUT2D eigenvalue weighted by atomic mass is 16.5. The molecule has 0 N–H and O–H groups in total. The van der Waals surface area contributed by atoms with Crippen LogP contribution in [0.15, 0.2) is 42.5 Å². The summed E-state index contributed by atoms with van der Waals surface area (Å²) in [5.74, 6) is 1.46. The van der Waals surface area contributed by atoms with Crippen molar-refractivity contribution in [3.8, 4) is 11.5 Å². The third kappa shape index (κ3) is 4.27. The molecular weight excluding hydrogens is 356 g/mol. The summed E-state index contributed by atoms with van der Waals surface area (Å²) in [6.45, 7) is 1.20. The lowest BCUT2D eigenvalue weighted by atomic mass is 10.1. The smallest absolute Gasteiger partial charge is 0.227 e. The van der Waals surface area contributed by atoms with E-state index in [0.29, 0.717) is 30.9 Å². The van der Waals surface area contributed by atoms with Crippen LogP contribution in [0, 0.1) is 0 Å². The first kappa shape index (κ1) is 19.7. The summed E-state index contributed by atoms with van der Waals surface area (Å²) in [6, 6.07) is 13.3. The molecule has 6 nitrogen and oxygen atoms in total. The number of methoxy groups -OCH3 is 2. The molecule has 2 aromatic carbocycles. The summed E-state index contributed by atoms with van der Waals surface area (Å²) in [5, 5.41) is 0. The number of likely N-dealkylation sites (N-methyl/N-ethyl adjacent to an activating group) is 1. The van der Waals surface area contributed by atoms with E-state index in [2.05, 4.69) is 0 Å². The highest BCUT2D eigenvalue weighted by Gasteiger charge is 2.21. The summed E-state index contributed by atoms with van der Waals surface area (Å²) in [6.07, 6.45) is 1.81. The van der Waals surface area contributed by atoms with Gasteiger partial charge in [-0.05, 0) is 30.2 Å². The van der Waals surface area contributed by atoms with E-state index in [1.165, 1.54) is 0 Å². The van der Waals surface area contributed by atoms with Crippen LogP contribution in [-0.4, -0.2) is 44.5 Å². The average Bonchev–Trinajstić information content (AvgIpc) is 3.14. The van der Waals surface area contributed by atoms with Crippen LogP contribution < -0.4 is 14.4 Å². The van der Waals surface area contributed by atoms with Gasteiger partial charge in [0.05, 0.1) is 20.6 Å². The lowest BCUT2D eigenvalue weighted by Gasteiger charge is -2.20. The molecule has 1 fully saturated rings. The quantitative estimate of drug-likeness (QED) is 0.739. The molecule has 2 amide bonds. The van der Waals surface area contributed by atoms with E-state index in [4.69, 9.17) is 9.47 Å². The number of hydrogen-bond acceptors (Lipinski definition) is 4. The SMILES string of the molecule is COc1cccc(CN(C)C(=O)Cc2ccc(N3CCCC3=O)cc2)c1OC. The average molecular weight is 382 g/mol. The second-order valence-electron chi connectivity index (χ2n) is 6.89. The Hall–Kier alpha value is -3.02. The molecule has 3 rings (SSSR count). The highest BCUT2D eigenvalue weighted by molar-refractivity contribution is 5.95. The van der Waals surface area contributed by atoms with Crippen molar-refractivity contribution in [2.75, 3.05) is 32.7 Å². The molecule has 148 valence electrons. The normalized spacial score (nSPS) is 13.5. The Morgan fingerprint density at radius 1 is 1.11 bits per heavy atom. The molecule has 0 aliphatic carbocycles. The van der Waals surface area contributed by atoms with Gasteiger partial charge in [0.25, 0.3) is 0 Å². The first-order chi connectivity index (χ1) is 13.5. The minimum Gasteiger partial charge on any atom is -0.493 e. The predicted octanol–water partition coefficient (Wildman–Crippen LogP) is 3.03. The first-order valence-electron chi connectivity index (χ1n) is 9.36. The minimum atomic E-state index is 0.00914. The standard InChI is InChI=1S/C22H26N2O4/c1-23(15-17-6-4-7-19(27-2)22(17)28-3)21(26)14-16-9-11-18(12-10-16)24-13-5-8-20(24)25/h4,6-7,9-12H,5,8,13-15H2,1-3H3. The molecule has 1 heterocycles. The van der Waals surface area contributed by atoms with Gasteiger partial charge in [0.15, 0.2) is 11.5 Å².